The molecule has 0 radical (unpaired) electrons. The van der Waals surface area contributed by atoms with Crippen LogP contribution >= 0.6 is 11.8 Å². The number of benzene rings is 2. The Morgan fingerprint density at radius 1 is 1.10 bits per heavy atom. The van der Waals surface area contributed by atoms with Gasteiger partial charge in [-0.3, -0.25) is 4.79 Å². The number of thioether (sulfide) groups is 1. The van der Waals surface area contributed by atoms with Crippen molar-refractivity contribution in [3.05, 3.63) is 89.9 Å². The molecule has 2 aromatic heterocycles. The molecule has 0 saturated heterocycles. The Balaban J connectivity index is 1.49. The van der Waals surface area contributed by atoms with E-state index in [2.05, 4.69) is 10.3 Å². The van der Waals surface area contributed by atoms with Crippen molar-refractivity contribution in [1.82, 2.24) is 9.38 Å². The van der Waals surface area contributed by atoms with E-state index < -0.39 is 0 Å². The summed E-state index contributed by atoms with van der Waals surface area (Å²) in [5.41, 5.74) is 4.05. The molecule has 0 saturated carbocycles. The number of pyridine rings is 1. The van der Waals surface area contributed by atoms with Crippen molar-refractivity contribution in [2.45, 2.75) is 18.4 Å². The van der Waals surface area contributed by atoms with Crippen LogP contribution in [0.5, 0.6) is 5.75 Å². The second kappa shape index (κ2) is 8.41. The number of rotatable bonds is 6. The van der Waals surface area contributed by atoms with Gasteiger partial charge in [-0.1, -0.05) is 18.2 Å². The van der Waals surface area contributed by atoms with E-state index in [1.807, 2.05) is 78.5 Å². The smallest absolute Gasteiger partial charge is 0.259 e. The van der Waals surface area contributed by atoms with E-state index in [9.17, 15) is 4.79 Å². The van der Waals surface area contributed by atoms with Gasteiger partial charge in [0.1, 0.15) is 18.0 Å². The molecule has 0 spiro atoms. The van der Waals surface area contributed by atoms with Crippen molar-refractivity contribution in [1.29, 1.82) is 0 Å². The number of hydrogen-bond donors (Lipinski definition) is 1. The van der Waals surface area contributed by atoms with Crippen LogP contribution in [0.15, 0.2) is 78.0 Å². The number of nitrogens with one attached hydrogen (secondary N) is 1. The maximum absolute atomic E-state index is 12.8. The van der Waals surface area contributed by atoms with Crippen LogP contribution in [0.25, 0.3) is 5.65 Å². The summed E-state index contributed by atoms with van der Waals surface area (Å²) in [4.78, 5) is 18.5. The average molecular weight is 404 g/mol. The van der Waals surface area contributed by atoms with Crippen LogP contribution in [0.2, 0.25) is 0 Å². The van der Waals surface area contributed by atoms with Crippen LogP contribution in [0.1, 0.15) is 21.6 Å². The molecule has 6 heteroatoms. The lowest BCUT2D eigenvalue weighted by Crippen LogP contribution is -2.13. The summed E-state index contributed by atoms with van der Waals surface area (Å²) in [5, 5.41) is 2.93. The van der Waals surface area contributed by atoms with Gasteiger partial charge in [-0.2, -0.15) is 0 Å². The summed E-state index contributed by atoms with van der Waals surface area (Å²) in [6, 6.07) is 19.0. The predicted octanol–water partition coefficient (Wildman–Crippen LogP) is 5.20. The number of carbonyl (C=O) groups excluding carboxylic acids is 1. The van der Waals surface area contributed by atoms with E-state index in [-0.39, 0.29) is 12.5 Å². The Morgan fingerprint density at radius 2 is 1.90 bits per heavy atom. The standard InChI is InChI=1S/C23H21N3O2S/c1-16-6-5-13-26-14-18(24-22(16)26)15-28-21-8-4-3-7-20(21)23(27)25-17-9-11-19(29-2)12-10-17/h3-14H,15H2,1-2H3,(H,25,27). The second-order valence-electron chi connectivity index (χ2n) is 6.62. The highest BCUT2D eigenvalue weighted by Gasteiger charge is 2.13. The number of carbonyl (C=O) groups is 1. The zero-order valence-electron chi connectivity index (χ0n) is 16.3. The van der Waals surface area contributed by atoms with Gasteiger partial charge in [0.2, 0.25) is 0 Å². The van der Waals surface area contributed by atoms with Gasteiger partial charge in [0.25, 0.3) is 5.91 Å². The molecule has 2 aromatic carbocycles. The van der Waals surface area contributed by atoms with Crippen LogP contribution in [-0.2, 0) is 6.61 Å². The molecule has 29 heavy (non-hydrogen) atoms. The van der Waals surface area contributed by atoms with Gasteiger partial charge >= 0.3 is 0 Å². The molecule has 0 fully saturated rings. The number of imidazole rings is 1. The quantitative estimate of drug-likeness (QED) is 0.450. The number of hydrogen-bond acceptors (Lipinski definition) is 4. The van der Waals surface area contributed by atoms with Gasteiger partial charge in [0, 0.05) is 23.0 Å². The first-order valence-electron chi connectivity index (χ1n) is 9.24. The van der Waals surface area contributed by atoms with Gasteiger partial charge < -0.3 is 14.5 Å². The fourth-order valence-corrected chi connectivity index (χ4v) is 3.49. The highest BCUT2D eigenvalue weighted by molar-refractivity contribution is 7.98. The third-order valence-corrected chi connectivity index (χ3v) is 5.33. The van der Waals surface area contributed by atoms with Crippen LogP contribution in [0.4, 0.5) is 5.69 Å². The molecule has 0 aliphatic carbocycles. The molecule has 0 bridgehead atoms. The zero-order valence-corrected chi connectivity index (χ0v) is 17.1. The van der Waals surface area contributed by atoms with Crippen molar-refractivity contribution >= 4 is 29.0 Å². The highest BCUT2D eigenvalue weighted by Crippen LogP contribution is 2.22. The Bertz CT molecular complexity index is 1150. The number of nitrogens with zero attached hydrogens (tertiary/aromatic N) is 2. The van der Waals surface area contributed by atoms with Crippen LogP contribution < -0.4 is 10.1 Å². The monoisotopic (exact) mass is 403 g/mol. The van der Waals surface area contributed by atoms with Gasteiger partial charge in [-0.05, 0) is 61.2 Å². The van der Waals surface area contributed by atoms with Crippen molar-refractivity contribution in [3.63, 3.8) is 0 Å². The van der Waals surface area contributed by atoms with Gasteiger partial charge in [-0.25, -0.2) is 4.98 Å². The lowest BCUT2D eigenvalue weighted by atomic mass is 10.2. The first-order chi connectivity index (χ1) is 14.1. The third-order valence-electron chi connectivity index (χ3n) is 4.58. The maximum atomic E-state index is 12.8. The number of anilines is 1. The van der Waals surface area contributed by atoms with Crippen LogP contribution in [0.3, 0.4) is 0 Å². The van der Waals surface area contributed by atoms with E-state index in [1.165, 1.54) is 0 Å². The largest absolute Gasteiger partial charge is 0.486 e. The first-order valence-corrected chi connectivity index (χ1v) is 10.5. The number of amides is 1. The van der Waals surface area contributed by atoms with Gasteiger partial charge in [-0.15, -0.1) is 11.8 Å². The number of para-hydroxylation sites is 1. The fourth-order valence-electron chi connectivity index (χ4n) is 3.08. The molecule has 2 heterocycles. The average Bonchev–Trinajstić information content (AvgIpc) is 3.17. The first kappa shape index (κ1) is 19.1. The van der Waals surface area contributed by atoms with Gasteiger partial charge in [0.05, 0.1) is 11.3 Å². The molecular weight excluding hydrogens is 382 g/mol. The summed E-state index contributed by atoms with van der Waals surface area (Å²) < 4.78 is 7.93. The number of fused-ring (bicyclic) bond motifs is 1. The molecule has 0 aliphatic rings. The van der Waals surface area contributed by atoms with E-state index in [0.29, 0.717) is 11.3 Å². The fraction of sp³-hybridized carbons (Fsp3) is 0.130. The summed E-state index contributed by atoms with van der Waals surface area (Å²) in [6.45, 7) is 2.31. The molecule has 5 nitrogen and oxygen atoms in total. The maximum Gasteiger partial charge on any atom is 0.259 e. The Morgan fingerprint density at radius 3 is 2.66 bits per heavy atom. The SMILES string of the molecule is CSc1ccc(NC(=O)c2ccccc2OCc2cn3cccc(C)c3n2)cc1. The van der Waals surface area contributed by atoms with Crippen molar-refractivity contribution < 1.29 is 9.53 Å². The molecule has 1 N–H and O–H groups in total. The lowest BCUT2D eigenvalue weighted by molar-refractivity contribution is 0.102. The van der Waals surface area contributed by atoms with E-state index in [4.69, 9.17) is 4.74 Å². The normalized spacial score (nSPS) is 10.8. The minimum Gasteiger partial charge on any atom is -0.486 e. The van der Waals surface area contributed by atoms with Crippen molar-refractivity contribution in [2.24, 2.45) is 0 Å². The molecule has 146 valence electrons. The molecule has 1 amide bonds. The Hall–Kier alpha value is -3.25. The molecular formula is C23H21N3O2S. The van der Waals surface area contributed by atoms with Crippen LogP contribution in [0, 0.1) is 6.92 Å². The molecule has 0 aliphatic heterocycles. The van der Waals surface area contributed by atoms with E-state index >= 15 is 0 Å². The number of aryl methyl sites for hydroxylation is 1. The Kier molecular flexibility index (Phi) is 5.53. The zero-order chi connectivity index (χ0) is 20.2. The minimum absolute atomic E-state index is 0.205. The highest BCUT2D eigenvalue weighted by atomic mass is 32.2. The summed E-state index contributed by atoms with van der Waals surface area (Å²) in [5.74, 6) is 0.322. The van der Waals surface area contributed by atoms with E-state index in [0.717, 1.165) is 27.5 Å². The summed E-state index contributed by atoms with van der Waals surface area (Å²) in [6.07, 6.45) is 5.92. The lowest BCUT2D eigenvalue weighted by Gasteiger charge is -2.11. The second-order valence-corrected chi connectivity index (χ2v) is 7.50. The molecule has 0 atom stereocenters. The summed E-state index contributed by atoms with van der Waals surface area (Å²) >= 11 is 1.66. The molecule has 4 rings (SSSR count). The van der Waals surface area contributed by atoms with Gasteiger partial charge in [0.15, 0.2) is 0 Å². The van der Waals surface area contributed by atoms with Crippen molar-refractivity contribution in [2.75, 3.05) is 11.6 Å². The van der Waals surface area contributed by atoms with Crippen molar-refractivity contribution in [3.8, 4) is 5.75 Å². The van der Waals surface area contributed by atoms with E-state index in [1.54, 1.807) is 23.9 Å². The number of aromatic nitrogens is 2. The minimum atomic E-state index is -0.205. The Labute approximate surface area is 173 Å². The molecule has 0 unspecified atom stereocenters. The summed E-state index contributed by atoms with van der Waals surface area (Å²) in [7, 11) is 0. The predicted molar refractivity (Wildman–Crippen MR) is 117 cm³/mol. The number of ether oxygens (including phenoxy) is 1. The third kappa shape index (κ3) is 4.27. The molecule has 4 aromatic rings. The van der Waals surface area contributed by atoms with Crippen LogP contribution in [-0.4, -0.2) is 21.5 Å². The topological polar surface area (TPSA) is 55.6 Å².